The molecule has 7 heterocycles. The van der Waals surface area contributed by atoms with E-state index in [-0.39, 0.29) is 36.4 Å². The smallest absolute Gasteiger partial charge is 0.252 e. The highest BCUT2D eigenvalue weighted by Crippen LogP contribution is 2.53. The van der Waals surface area contributed by atoms with Gasteiger partial charge in [0.15, 0.2) is 17.5 Å². The van der Waals surface area contributed by atoms with Crippen LogP contribution in [0.25, 0.3) is 34.2 Å². The Bertz CT molecular complexity index is 6860. The minimum Gasteiger partial charge on any atom is -0.311 e. The van der Waals surface area contributed by atoms with Crippen LogP contribution >= 0.6 is 0 Å². The highest BCUT2D eigenvalue weighted by Gasteiger charge is 2.50. The Kier molecular flexibility index (Phi) is 20.2. The Morgan fingerprint density at radius 1 is 0.200 bits per heavy atom. The van der Waals surface area contributed by atoms with Gasteiger partial charge in [-0.05, 0) is 287 Å². The van der Waals surface area contributed by atoms with Crippen LogP contribution in [0.4, 0.5) is 102 Å². The van der Waals surface area contributed by atoms with Crippen LogP contribution in [0.2, 0.25) is 58.9 Å². The van der Waals surface area contributed by atoms with Gasteiger partial charge in [0.2, 0.25) is 0 Å². The fourth-order valence-electron chi connectivity index (χ4n) is 21.9. The van der Waals surface area contributed by atoms with Crippen LogP contribution in [0.15, 0.2) is 291 Å². The van der Waals surface area contributed by atoms with Gasteiger partial charge >= 0.3 is 0 Å². The molecular formula is C120H120B3N9Si3. The van der Waals surface area contributed by atoms with Gasteiger partial charge in [-0.3, -0.25) is 0 Å². The third kappa shape index (κ3) is 14.7. The molecule has 0 N–H and O–H groups in total. The summed E-state index contributed by atoms with van der Waals surface area (Å²) in [5.74, 6) is 1.77. The number of nitrogens with zero attached hydrogens (tertiary/aromatic N) is 9. The molecule has 0 bridgehead atoms. The van der Waals surface area contributed by atoms with Crippen molar-refractivity contribution in [1.82, 2.24) is 15.0 Å². The van der Waals surface area contributed by atoms with Crippen LogP contribution in [-0.4, -0.2) is 59.3 Å². The molecule has 0 saturated heterocycles. The third-order valence-electron chi connectivity index (χ3n) is 29.5. The summed E-state index contributed by atoms with van der Waals surface area (Å²) in [6.07, 6.45) is 0. The molecule has 6 aliphatic rings. The number of anilines is 18. The average Bonchev–Trinajstić information content (AvgIpc) is 0.701. The van der Waals surface area contributed by atoms with Crippen molar-refractivity contribution in [3.05, 3.63) is 341 Å². The predicted octanol–water partition coefficient (Wildman–Crippen LogP) is 24.5. The Morgan fingerprint density at radius 3 is 0.570 bits per heavy atom. The lowest BCUT2D eigenvalue weighted by Gasteiger charge is -2.45. The number of aryl methyl sites for hydroxylation is 6. The number of hydrogen-bond acceptors (Lipinski definition) is 9. The highest BCUT2D eigenvalue weighted by molar-refractivity contribution is 7.02. The summed E-state index contributed by atoms with van der Waals surface area (Å²) in [6, 6.07) is 114. The first-order valence-corrected chi connectivity index (χ1v) is 59.0. The van der Waals surface area contributed by atoms with Crippen molar-refractivity contribution in [2.45, 2.75) is 179 Å². The van der Waals surface area contributed by atoms with Crippen molar-refractivity contribution in [1.29, 1.82) is 0 Å². The molecule has 666 valence electrons. The quantitative estimate of drug-likeness (QED) is 0.111. The van der Waals surface area contributed by atoms with Crippen molar-refractivity contribution in [3.8, 4) is 34.2 Å². The molecule has 135 heavy (non-hydrogen) atoms. The molecule has 15 aromatic carbocycles. The molecule has 0 atom stereocenters. The van der Waals surface area contributed by atoms with Gasteiger partial charge in [0.05, 0.1) is 24.2 Å². The monoisotopic (exact) mass is 1800 g/mol. The van der Waals surface area contributed by atoms with E-state index in [0.717, 1.165) is 67.9 Å². The number of rotatable bonds is 12. The van der Waals surface area contributed by atoms with E-state index < -0.39 is 24.2 Å². The summed E-state index contributed by atoms with van der Waals surface area (Å²) >= 11 is 0. The minimum absolute atomic E-state index is 0.202. The second kappa shape index (κ2) is 31.3. The number of aromatic nitrogens is 3. The molecule has 15 heteroatoms. The zero-order valence-corrected chi connectivity index (χ0v) is 86.0. The summed E-state index contributed by atoms with van der Waals surface area (Å²) in [4.78, 5) is 33.6. The van der Waals surface area contributed by atoms with E-state index in [9.17, 15) is 0 Å². The summed E-state index contributed by atoms with van der Waals surface area (Å²) in [6.45, 7) is 56.0. The van der Waals surface area contributed by atoms with Crippen molar-refractivity contribution >= 4 is 211 Å². The molecule has 0 aliphatic carbocycles. The van der Waals surface area contributed by atoms with Crippen LogP contribution in [-0.2, 0) is 16.2 Å². The fraction of sp³-hybridized carbons (Fsp3) is 0.225. The van der Waals surface area contributed by atoms with Crippen molar-refractivity contribution in [2.75, 3.05) is 29.4 Å². The van der Waals surface area contributed by atoms with Gasteiger partial charge in [0.25, 0.3) is 20.1 Å². The van der Waals surface area contributed by atoms with Gasteiger partial charge in [-0.2, -0.15) is 0 Å². The molecule has 0 unspecified atom stereocenters. The third-order valence-corrected chi connectivity index (χ3v) is 35.7. The first-order valence-electron chi connectivity index (χ1n) is 48.5. The Morgan fingerprint density at radius 2 is 0.378 bits per heavy atom. The van der Waals surface area contributed by atoms with Crippen molar-refractivity contribution in [3.63, 3.8) is 0 Å². The average molecular weight is 1810 g/mol. The Labute approximate surface area is 804 Å². The molecule has 0 radical (unpaired) electrons. The lowest BCUT2D eigenvalue weighted by molar-refractivity contribution is 0.590. The Hall–Kier alpha value is -13.0. The second-order valence-electron chi connectivity index (χ2n) is 45.6. The maximum absolute atomic E-state index is 6.07. The number of fused-ring (bicyclic) bond motifs is 12. The van der Waals surface area contributed by atoms with Crippen LogP contribution in [0.5, 0.6) is 0 Å². The Balaban J connectivity index is 0.821. The highest BCUT2D eigenvalue weighted by atomic mass is 28.3. The maximum atomic E-state index is 6.07. The summed E-state index contributed by atoms with van der Waals surface area (Å²) in [7, 11) is -5.19. The molecule has 0 amide bonds. The normalized spacial score (nSPS) is 14.1. The molecular weight excluding hydrogens is 1680 g/mol. The molecule has 6 aliphatic heterocycles. The lowest BCUT2D eigenvalue weighted by atomic mass is 9.33. The standard InChI is InChI=1S/C120H120B3N9Si3/c1-73-25-37-85(38-26-73)127-100-55-31-76(4)61-94(100)121-97-64-79(34-58-103(97)130(88-43-49-91(50-44-88)133(16,17)18)109-70-82(118(7,8)9)67-106(127)112(109)121)115-124-116(80-35-59-104-98(65-80)122-95-62-77(5)32-56-101(95)128(86-39-27-74(2)28-40-86)107-68-83(119(10,11)12)71-110(113(107)122)131(104)89-45-51-92(52-46-89)134(19,20)21)126-117(125-115)81-36-60-105-99(66-81)123-96-63-78(6)33-57-102(96)129(87-41-29-75(3)30-42-87)108-69-84(120(13,14)15)72-111(114(108)123)132(105)90-47-53-93(54-48-90)135(22,23)24/h25-72H,1-24H3. The zero-order valence-electron chi connectivity index (χ0n) is 83.0. The van der Waals surface area contributed by atoms with E-state index in [1.807, 2.05) is 0 Å². The molecule has 1 aromatic heterocycles. The maximum Gasteiger partial charge on any atom is 0.252 e. The van der Waals surface area contributed by atoms with Crippen molar-refractivity contribution in [2.24, 2.45) is 0 Å². The van der Waals surface area contributed by atoms with Crippen LogP contribution in [0, 0.1) is 41.5 Å². The van der Waals surface area contributed by atoms with Crippen molar-refractivity contribution < 1.29 is 0 Å². The SMILES string of the molecule is Cc1ccc(N2c3ccc(C)cc3B3c4cc(-c5nc(-c6ccc7c(c6)B6c8cc(C)ccc8N(c8ccc(C)cc8)c8cc(C(C)(C)C)cc(c86)N7c6ccc([Si](C)(C)C)cc6)nc(-c6ccc7c(c6)B6c8cc(C)ccc8N(c8ccc(C)cc8)c8cc(C(C)(C)C)cc(c86)N7c6ccc([Si](C)(C)C)cc6)n5)ccc4N(c4ccc([Si](C)(C)C)cc4)c4cc(C(C)(C)C)cc2c43)cc1. The topological polar surface area (TPSA) is 58.1 Å². The van der Waals surface area contributed by atoms with E-state index in [4.69, 9.17) is 15.0 Å². The van der Waals surface area contributed by atoms with Gasteiger partial charge in [-0.1, -0.05) is 298 Å². The summed E-state index contributed by atoms with van der Waals surface area (Å²) in [5.41, 5.74) is 45.0. The number of hydrogen-bond donors (Lipinski definition) is 0. The fourth-order valence-corrected chi connectivity index (χ4v) is 25.4. The van der Waals surface area contributed by atoms with E-state index in [1.165, 1.54) is 166 Å². The van der Waals surface area contributed by atoms with E-state index in [1.54, 1.807) is 0 Å². The molecule has 9 nitrogen and oxygen atoms in total. The summed E-state index contributed by atoms with van der Waals surface area (Å²) in [5, 5.41) is 4.27. The van der Waals surface area contributed by atoms with E-state index in [2.05, 4.69) is 483 Å². The first-order chi connectivity index (χ1) is 64.1. The molecule has 16 aromatic rings. The zero-order chi connectivity index (χ0) is 94.2. The molecule has 22 rings (SSSR count). The van der Waals surface area contributed by atoms with Gasteiger partial charge in [-0.15, -0.1) is 0 Å². The predicted molar refractivity (Wildman–Crippen MR) is 592 cm³/mol. The van der Waals surface area contributed by atoms with Gasteiger partial charge < -0.3 is 29.4 Å². The van der Waals surface area contributed by atoms with Gasteiger partial charge in [0.1, 0.15) is 0 Å². The van der Waals surface area contributed by atoms with Crippen LogP contribution in [0.1, 0.15) is 112 Å². The number of benzene rings is 15. The second-order valence-corrected chi connectivity index (χ2v) is 60.8. The molecule has 0 fully saturated rings. The van der Waals surface area contributed by atoms with E-state index >= 15 is 0 Å². The lowest BCUT2D eigenvalue weighted by Crippen LogP contribution is -2.61. The summed E-state index contributed by atoms with van der Waals surface area (Å²) < 4.78 is 0. The first kappa shape index (κ1) is 87.3. The molecule has 0 saturated carbocycles. The van der Waals surface area contributed by atoms with Crippen LogP contribution in [0.3, 0.4) is 0 Å². The van der Waals surface area contributed by atoms with Gasteiger partial charge in [0, 0.05) is 119 Å². The molecule has 0 spiro atoms. The van der Waals surface area contributed by atoms with Gasteiger partial charge in [-0.25, -0.2) is 15.0 Å². The largest absolute Gasteiger partial charge is 0.311 e. The minimum atomic E-state index is -1.73. The van der Waals surface area contributed by atoms with Crippen LogP contribution < -0.4 is 94.1 Å². The van der Waals surface area contributed by atoms with E-state index in [0.29, 0.717) is 17.5 Å².